The van der Waals surface area contributed by atoms with Crippen LogP contribution in [-0.4, -0.2) is 28.4 Å². The average molecular weight is 288 g/mol. The third kappa shape index (κ3) is 3.98. The van der Waals surface area contributed by atoms with E-state index in [4.69, 9.17) is 10.5 Å². The van der Waals surface area contributed by atoms with E-state index in [9.17, 15) is 4.79 Å². The van der Waals surface area contributed by atoms with Gasteiger partial charge in [0.2, 0.25) is 0 Å². The normalized spacial score (nSPS) is 11.9. The Hall–Kier alpha value is -2.50. The number of anilines is 2. The van der Waals surface area contributed by atoms with Crippen LogP contribution in [0.25, 0.3) is 0 Å². The molecule has 0 amide bonds. The molecule has 1 atom stereocenters. The summed E-state index contributed by atoms with van der Waals surface area (Å²) >= 11 is 0. The van der Waals surface area contributed by atoms with Crippen molar-refractivity contribution in [3.05, 3.63) is 42.2 Å². The van der Waals surface area contributed by atoms with Crippen LogP contribution in [0.4, 0.5) is 11.4 Å². The van der Waals surface area contributed by atoms with Gasteiger partial charge >= 0.3 is 5.97 Å². The highest BCUT2D eigenvalue weighted by atomic mass is 16.5. The van der Waals surface area contributed by atoms with Gasteiger partial charge in [-0.1, -0.05) is 0 Å². The van der Waals surface area contributed by atoms with Crippen molar-refractivity contribution in [1.29, 1.82) is 0 Å². The molecule has 1 aromatic carbocycles. The van der Waals surface area contributed by atoms with E-state index in [-0.39, 0.29) is 12.0 Å². The minimum Gasteiger partial charge on any atom is -0.462 e. The molecular formula is C15H20N4O2. The molecule has 2 aromatic rings. The van der Waals surface area contributed by atoms with Crippen molar-refractivity contribution in [2.45, 2.75) is 26.4 Å². The number of carbonyl (C=O) groups is 1. The van der Waals surface area contributed by atoms with Gasteiger partial charge in [-0.05, 0) is 38.1 Å². The topological polar surface area (TPSA) is 82.2 Å². The van der Waals surface area contributed by atoms with Crippen molar-refractivity contribution in [2.24, 2.45) is 0 Å². The van der Waals surface area contributed by atoms with Crippen LogP contribution in [0.15, 0.2) is 36.7 Å². The molecule has 2 rings (SSSR count). The summed E-state index contributed by atoms with van der Waals surface area (Å²) in [5, 5.41) is 7.47. The molecule has 21 heavy (non-hydrogen) atoms. The summed E-state index contributed by atoms with van der Waals surface area (Å²) in [4.78, 5) is 11.6. The number of esters is 1. The van der Waals surface area contributed by atoms with E-state index in [2.05, 4.69) is 10.4 Å². The van der Waals surface area contributed by atoms with Gasteiger partial charge in [-0.25, -0.2) is 4.79 Å². The molecule has 6 heteroatoms. The Morgan fingerprint density at radius 1 is 1.52 bits per heavy atom. The number of benzene rings is 1. The van der Waals surface area contributed by atoms with Gasteiger partial charge < -0.3 is 15.8 Å². The molecule has 0 saturated carbocycles. The van der Waals surface area contributed by atoms with Crippen LogP contribution < -0.4 is 11.1 Å². The summed E-state index contributed by atoms with van der Waals surface area (Å²) in [6, 6.07) is 7.16. The number of hydrogen-bond acceptors (Lipinski definition) is 5. The summed E-state index contributed by atoms with van der Waals surface area (Å²) in [6.07, 6.45) is 3.65. The number of nitrogen functional groups attached to an aromatic ring is 1. The Morgan fingerprint density at radius 3 is 2.95 bits per heavy atom. The minimum absolute atomic E-state index is 0.153. The minimum atomic E-state index is -0.361. The Morgan fingerprint density at radius 2 is 2.33 bits per heavy atom. The lowest BCUT2D eigenvalue weighted by atomic mass is 10.1. The van der Waals surface area contributed by atoms with Crippen molar-refractivity contribution in [3.8, 4) is 0 Å². The van der Waals surface area contributed by atoms with Gasteiger partial charge in [0.15, 0.2) is 0 Å². The van der Waals surface area contributed by atoms with Gasteiger partial charge in [-0.3, -0.25) is 4.68 Å². The number of nitrogens with one attached hydrogen (secondary N) is 1. The van der Waals surface area contributed by atoms with Gasteiger partial charge in [0.25, 0.3) is 0 Å². The summed E-state index contributed by atoms with van der Waals surface area (Å²) in [7, 11) is 0. The van der Waals surface area contributed by atoms with Crippen LogP contribution in [-0.2, 0) is 11.3 Å². The average Bonchev–Trinajstić information content (AvgIpc) is 2.94. The highest BCUT2D eigenvalue weighted by Gasteiger charge is 2.10. The summed E-state index contributed by atoms with van der Waals surface area (Å²) < 4.78 is 6.80. The molecule has 1 unspecified atom stereocenters. The molecule has 0 fully saturated rings. The van der Waals surface area contributed by atoms with Crippen LogP contribution in [0.5, 0.6) is 0 Å². The molecule has 0 aliphatic carbocycles. The summed E-state index contributed by atoms with van der Waals surface area (Å²) in [6.45, 7) is 4.89. The second kappa shape index (κ2) is 6.78. The molecule has 0 saturated heterocycles. The van der Waals surface area contributed by atoms with Crippen LogP contribution in [0.1, 0.15) is 24.2 Å². The van der Waals surface area contributed by atoms with Gasteiger partial charge in [-0.2, -0.15) is 5.10 Å². The zero-order chi connectivity index (χ0) is 15.2. The fourth-order valence-corrected chi connectivity index (χ4v) is 2.04. The van der Waals surface area contributed by atoms with Crippen LogP contribution in [0.2, 0.25) is 0 Å². The third-order valence-corrected chi connectivity index (χ3v) is 2.98. The quantitative estimate of drug-likeness (QED) is 0.628. The Bertz CT molecular complexity index is 596. The first-order valence-electron chi connectivity index (χ1n) is 6.90. The second-order valence-electron chi connectivity index (χ2n) is 4.80. The first kappa shape index (κ1) is 14.9. The molecule has 0 radical (unpaired) electrons. The Kier molecular flexibility index (Phi) is 4.81. The predicted octanol–water partition coefficient (Wildman–Crippen LogP) is 2.14. The monoisotopic (exact) mass is 288 g/mol. The fourth-order valence-electron chi connectivity index (χ4n) is 2.04. The SMILES string of the molecule is CCOC(=O)c1ccc(NC(C)Cn2cccn2)c(N)c1. The number of nitrogens with zero attached hydrogens (tertiary/aromatic N) is 2. The number of carbonyl (C=O) groups excluding carboxylic acids is 1. The van der Waals surface area contributed by atoms with E-state index in [1.165, 1.54) is 0 Å². The number of ether oxygens (including phenoxy) is 1. The third-order valence-electron chi connectivity index (χ3n) is 2.98. The van der Waals surface area contributed by atoms with E-state index >= 15 is 0 Å². The molecule has 0 spiro atoms. The van der Waals surface area contributed by atoms with E-state index in [1.807, 2.05) is 23.9 Å². The van der Waals surface area contributed by atoms with E-state index in [1.54, 1.807) is 31.3 Å². The molecule has 1 aromatic heterocycles. The predicted molar refractivity (Wildman–Crippen MR) is 82.1 cm³/mol. The summed E-state index contributed by atoms with van der Waals surface area (Å²) in [5.74, 6) is -0.361. The molecule has 3 N–H and O–H groups in total. The maximum Gasteiger partial charge on any atom is 0.338 e. The van der Waals surface area contributed by atoms with Gasteiger partial charge in [0, 0.05) is 18.4 Å². The van der Waals surface area contributed by atoms with Gasteiger partial charge in [0.05, 0.1) is 30.1 Å². The summed E-state index contributed by atoms with van der Waals surface area (Å²) in [5.41, 5.74) is 7.76. The number of rotatable bonds is 6. The first-order chi connectivity index (χ1) is 10.1. The molecule has 0 aliphatic heterocycles. The van der Waals surface area contributed by atoms with Crippen molar-refractivity contribution in [1.82, 2.24) is 9.78 Å². The molecule has 0 bridgehead atoms. The maximum absolute atomic E-state index is 11.6. The second-order valence-corrected chi connectivity index (χ2v) is 4.80. The maximum atomic E-state index is 11.6. The highest BCUT2D eigenvalue weighted by Crippen LogP contribution is 2.21. The Labute approximate surface area is 123 Å². The first-order valence-corrected chi connectivity index (χ1v) is 6.90. The van der Waals surface area contributed by atoms with Gasteiger partial charge in [-0.15, -0.1) is 0 Å². The number of nitrogens with two attached hydrogens (primary N) is 1. The molecular weight excluding hydrogens is 268 g/mol. The van der Waals surface area contributed by atoms with Gasteiger partial charge in [0.1, 0.15) is 0 Å². The molecule has 1 heterocycles. The van der Waals surface area contributed by atoms with Crippen molar-refractivity contribution >= 4 is 17.3 Å². The number of hydrogen-bond donors (Lipinski definition) is 2. The number of aromatic nitrogens is 2. The molecule has 6 nitrogen and oxygen atoms in total. The lowest BCUT2D eigenvalue weighted by molar-refractivity contribution is 0.0526. The fraction of sp³-hybridized carbons (Fsp3) is 0.333. The smallest absolute Gasteiger partial charge is 0.338 e. The zero-order valence-corrected chi connectivity index (χ0v) is 12.2. The standard InChI is InChI=1S/C15H20N4O2/c1-3-21-15(20)12-5-6-14(13(16)9-12)18-11(2)10-19-8-4-7-17-19/h4-9,11,18H,3,10,16H2,1-2H3. The van der Waals surface area contributed by atoms with Crippen LogP contribution in [0, 0.1) is 0 Å². The van der Waals surface area contributed by atoms with Crippen LogP contribution >= 0.6 is 0 Å². The highest BCUT2D eigenvalue weighted by molar-refractivity contribution is 5.91. The lowest BCUT2D eigenvalue weighted by Gasteiger charge is -2.17. The molecule has 112 valence electrons. The lowest BCUT2D eigenvalue weighted by Crippen LogP contribution is -2.22. The Balaban J connectivity index is 2.02. The van der Waals surface area contributed by atoms with E-state index in [0.717, 1.165) is 12.2 Å². The zero-order valence-electron chi connectivity index (χ0n) is 12.2. The van der Waals surface area contributed by atoms with Crippen molar-refractivity contribution in [2.75, 3.05) is 17.7 Å². The van der Waals surface area contributed by atoms with Crippen LogP contribution in [0.3, 0.4) is 0 Å². The van der Waals surface area contributed by atoms with Crippen molar-refractivity contribution in [3.63, 3.8) is 0 Å². The van der Waals surface area contributed by atoms with Crippen molar-refractivity contribution < 1.29 is 9.53 Å². The largest absolute Gasteiger partial charge is 0.462 e. The molecule has 0 aliphatic rings. The van der Waals surface area contributed by atoms with E-state index in [0.29, 0.717) is 17.9 Å². The van der Waals surface area contributed by atoms with E-state index < -0.39 is 0 Å².